The summed E-state index contributed by atoms with van der Waals surface area (Å²) in [5, 5.41) is 8.51. The van der Waals surface area contributed by atoms with Crippen LogP contribution in [-0.4, -0.2) is 31.1 Å². The summed E-state index contributed by atoms with van der Waals surface area (Å²) in [4.78, 5) is 41.6. The van der Waals surface area contributed by atoms with E-state index in [0.717, 1.165) is 6.20 Å². The van der Waals surface area contributed by atoms with Gasteiger partial charge in [0, 0.05) is 6.20 Å². The zero-order chi connectivity index (χ0) is 12.4. The van der Waals surface area contributed by atoms with Gasteiger partial charge in [0.1, 0.15) is 11.4 Å². The third kappa shape index (κ3) is 2.27. The molecule has 0 aliphatic carbocycles. The lowest BCUT2D eigenvalue weighted by atomic mass is 10.3. The number of aromatic nitrogens is 5. The Labute approximate surface area is 93.3 Å². The molecule has 9 heteroatoms. The number of H-pyrrole nitrogens is 3. The maximum Gasteiger partial charge on any atom is 0.325 e. The molecule has 0 fully saturated rings. The minimum atomic E-state index is -0.779. The fraction of sp³-hybridized carbons (Fsp3) is 0.125. The number of amides is 1. The van der Waals surface area contributed by atoms with Gasteiger partial charge >= 0.3 is 5.69 Å². The van der Waals surface area contributed by atoms with E-state index in [1.54, 1.807) is 6.92 Å². The van der Waals surface area contributed by atoms with Gasteiger partial charge in [0.25, 0.3) is 11.5 Å². The molecule has 2 aromatic heterocycles. The molecule has 0 spiro atoms. The number of nitrogens with one attached hydrogen (secondary N) is 4. The Kier molecular flexibility index (Phi) is 2.57. The van der Waals surface area contributed by atoms with Crippen molar-refractivity contribution in [3.63, 3.8) is 0 Å². The molecule has 2 rings (SSSR count). The fourth-order valence-corrected chi connectivity index (χ4v) is 1.15. The van der Waals surface area contributed by atoms with Crippen LogP contribution < -0.4 is 16.6 Å². The second-order valence-electron chi connectivity index (χ2n) is 3.18. The van der Waals surface area contributed by atoms with Gasteiger partial charge in [-0.3, -0.25) is 25.0 Å². The SMILES string of the molecule is Cc1nc(NC(=O)c2c[nH]c(=O)[nH]c2=O)n[nH]1. The van der Waals surface area contributed by atoms with Crippen molar-refractivity contribution in [2.45, 2.75) is 6.92 Å². The minimum Gasteiger partial charge on any atom is -0.313 e. The molecule has 1 amide bonds. The first-order valence-corrected chi connectivity index (χ1v) is 4.58. The van der Waals surface area contributed by atoms with Crippen LogP contribution in [0.5, 0.6) is 0 Å². The van der Waals surface area contributed by atoms with Crippen LogP contribution in [0.4, 0.5) is 5.95 Å². The molecule has 0 radical (unpaired) electrons. The third-order valence-electron chi connectivity index (χ3n) is 1.89. The molecule has 88 valence electrons. The first-order valence-electron chi connectivity index (χ1n) is 4.58. The van der Waals surface area contributed by atoms with Crippen molar-refractivity contribution in [1.29, 1.82) is 0 Å². The number of hydrogen-bond donors (Lipinski definition) is 4. The molecular weight excluding hydrogens is 228 g/mol. The van der Waals surface area contributed by atoms with Crippen LogP contribution in [0.2, 0.25) is 0 Å². The van der Waals surface area contributed by atoms with E-state index in [1.165, 1.54) is 0 Å². The van der Waals surface area contributed by atoms with Crippen molar-refractivity contribution < 1.29 is 4.79 Å². The summed E-state index contributed by atoms with van der Waals surface area (Å²) in [6, 6.07) is 0. The summed E-state index contributed by atoms with van der Waals surface area (Å²) in [5.41, 5.74) is -1.69. The van der Waals surface area contributed by atoms with Gasteiger partial charge in [-0.05, 0) is 6.92 Å². The molecule has 17 heavy (non-hydrogen) atoms. The van der Waals surface area contributed by atoms with Gasteiger partial charge in [0.05, 0.1) is 0 Å². The third-order valence-corrected chi connectivity index (χ3v) is 1.89. The molecule has 0 aliphatic rings. The largest absolute Gasteiger partial charge is 0.325 e. The maximum atomic E-state index is 11.6. The standard InChI is InChI=1S/C8H8N6O3/c1-3-10-7(14-13-3)11-5(15)4-2-9-8(17)12-6(4)16/h2H,1H3,(H2,9,12,16,17)(H2,10,11,13,14,15). The Bertz CT molecular complexity index is 666. The summed E-state index contributed by atoms with van der Waals surface area (Å²) in [6.07, 6.45) is 1.02. The van der Waals surface area contributed by atoms with Gasteiger partial charge in [-0.25, -0.2) is 4.79 Å². The van der Waals surface area contributed by atoms with Gasteiger partial charge in [0.2, 0.25) is 5.95 Å². The second-order valence-corrected chi connectivity index (χ2v) is 3.18. The average Bonchev–Trinajstić information content (AvgIpc) is 2.63. The van der Waals surface area contributed by atoms with E-state index in [1.807, 2.05) is 4.98 Å². The van der Waals surface area contributed by atoms with E-state index in [-0.39, 0.29) is 11.5 Å². The molecule has 0 atom stereocenters. The molecule has 0 saturated heterocycles. The number of carbonyl (C=O) groups is 1. The number of aryl methyl sites for hydroxylation is 1. The number of carbonyl (C=O) groups excluding carboxylic acids is 1. The van der Waals surface area contributed by atoms with Crippen molar-refractivity contribution in [3.8, 4) is 0 Å². The highest BCUT2D eigenvalue weighted by molar-refractivity contribution is 6.02. The highest BCUT2D eigenvalue weighted by Crippen LogP contribution is 1.98. The van der Waals surface area contributed by atoms with Crippen molar-refractivity contribution >= 4 is 11.9 Å². The van der Waals surface area contributed by atoms with E-state index in [0.29, 0.717) is 5.82 Å². The molecule has 0 bridgehead atoms. The van der Waals surface area contributed by atoms with Crippen LogP contribution in [0.3, 0.4) is 0 Å². The molecule has 0 aliphatic heterocycles. The molecule has 2 aromatic rings. The number of aromatic amines is 3. The molecular formula is C8H8N6O3. The van der Waals surface area contributed by atoms with Crippen LogP contribution in [-0.2, 0) is 0 Å². The summed E-state index contributed by atoms with van der Waals surface area (Å²) in [7, 11) is 0. The highest BCUT2D eigenvalue weighted by Gasteiger charge is 2.12. The van der Waals surface area contributed by atoms with Crippen LogP contribution >= 0.6 is 0 Å². The normalized spacial score (nSPS) is 10.2. The Hall–Kier alpha value is -2.71. The fourth-order valence-electron chi connectivity index (χ4n) is 1.15. The minimum absolute atomic E-state index is 0.0538. The molecule has 0 aromatic carbocycles. The summed E-state index contributed by atoms with van der Waals surface area (Å²) < 4.78 is 0. The molecule has 9 nitrogen and oxygen atoms in total. The first kappa shape index (κ1) is 10.8. The van der Waals surface area contributed by atoms with Crippen molar-refractivity contribution in [2.24, 2.45) is 0 Å². The summed E-state index contributed by atoms with van der Waals surface area (Å²) in [5.74, 6) is -0.129. The Morgan fingerprint density at radius 2 is 2.18 bits per heavy atom. The van der Waals surface area contributed by atoms with E-state index >= 15 is 0 Å². The Morgan fingerprint density at radius 1 is 1.41 bits per heavy atom. The quantitative estimate of drug-likeness (QED) is 0.516. The number of rotatable bonds is 2. The predicted molar refractivity (Wildman–Crippen MR) is 56.8 cm³/mol. The smallest absolute Gasteiger partial charge is 0.313 e. The monoisotopic (exact) mass is 236 g/mol. The Balaban J connectivity index is 2.26. The summed E-state index contributed by atoms with van der Waals surface area (Å²) in [6.45, 7) is 1.66. The van der Waals surface area contributed by atoms with Crippen LogP contribution in [0.15, 0.2) is 15.8 Å². The van der Waals surface area contributed by atoms with Gasteiger partial charge < -0.3 is 4.98 Å². The first-order chi connectivity index (χ1) is 8.06. The van der Waals surface area contributed by atoms with Gasteiger partial charge in [-0.15, -0.1) is 5.10 Å². The number of hydrogen-bond acceptors (Lipinski definition) is 5. The van der Waals surface area contributed by atoms with Crippen molar-refractivity contribution in [1.82, 2.24) is 25.1 Å². The van der Waals surface area contributed by atoms with Gasteiger partial charge in [0.15, 0.2) is 0 Å². The lowest BCUT2D eigenvalue weighted by Gasteiger charge is -1.98. The van der Waals surface area contributed by atoms with Crippen molar-refractivity contribution in [3.05, 3.63) is 38.4 Å². The average molecular weight is 236 g/mol. The predicted octanol–water partition coefficient (Wildman–Crippen LogP) is -1.26. The second kappa shape index (κ2) is 4.04. The van der Waals surface area contributed by atoms with Gasteiger partial charge in [-0.2, -0.15) is 4.98 Å². The van der Waals surface area contributed by atoms with E-state index in [2.05, 4.69) is 25.5 Å². The summed E-state index contributed by atoms with van der Waals surface area (Å²) >= 11 is 0. The topological polar surface area (TPSA) is 136 Å². The molecule has 0 saturated carbocycles. The van der Waals surface area contributed by atoms with E-state index in [4.69, 9.17) is 0 Å². The van der Waals surface area contributed by atoms with Crippen LogP contribution in [0.1, 0.15) is 16.2 Å². The molecule has 2 heterocycles. The maximum absolute atomic E-state index is 11.6. The Morgan fingerprint density at radius 3 is 2.76 bits per heavy atom. The zero-order valence-corrected chi connectivity index (χ0v) is 8.70. The van der Waals surface area contributed by atoms with Crippen LogP contribution in [0.25, 0.3) is 0 Å². The lowest BCUT2D eigenvalue weighted by Crippen LogP contribution is -2.29. The zero-order valence-electron chi connectivity index (χ0n) is 8.70. The van der Waals surface area contributed by atoms with E-state index in [9.17, 15) is 14.4 Å². The molecule has 0 unspecified atom stereocenters. The lowest BCUT2D eigenvalue weighted by molar-refractivity contribution is 0.102. The van der Waals surface area contributed by atoms with Crippen LogP contribution in [0, 0.1) is 6.92 Å². The van der Waals surface area contributed by atoms with Gasteiger partial charge in [-0.1, -0.05) is 0 Å². The number of nitrogens with zero attached hydrogens (tertiary/aromatic N) is 2. The van der Waals surface area contributed by atoms with Crippen molar-refractivity contribution in [2.75, 3.05) is 5.32 Å². The van der Waals surface area contributed by atoms with E-state index < -0.39 is 17.2 Å². The highest BCUT2D eigenvalue weighted by atomic mass is 16.2. The molecule has 4 N–H and O–H groups in total. The number of anilines is 1.